The molecule has 3 rings (SSSR count). The molecule has 22 heavy (non-hydrogen) atoms. The summed E-state index contributed by atoms with van der Waals surface area (Å²) in [6, 6.07) is 9.49. The van der Waals surface area contributed by atoms with E-state index in [1.165, 1.54) is 6.07 Å². The van der Waals surface area contributed by atoms with Gasteiger partial charge in [0.2, 0.25) is 0 Å². The second kappa shape index (κ2) is 4.75. The van der Waals surface area contributed by atoms with E-state index in [4.69, 9.17) is 5.73 Å². The van der Waals surface area contributed by atoms with Crippen LogP contribution in [-0.4, -0.2) is 13.9 Å². The number of benzene rings is 2. The first kappa shape index (κ1) is 14.9. The van der Waals surface area contributed by atoms with E-state index in [2.05, 4.69) is 4.18 Å². The van der Waals surface area contributed by atoms with Crippen molar-refractivity contribution in [3.63, 3.8) is 0 Å². The van der Waals surface area contributed by atoms with Gasteiger partial charge in [0.1, 0.15) is 0 Å². The molecule has 0 radical (unpaired) electrons. The van der Waals surface area contributed by atoms with Crippen LogP contribution in [0.4, 0.5) is 18.9 Å². The number of halogens is 3. The zero-order valence-electron chi connectivity index (χ0n) is 10.7. The Hall–Kier alpha value is -2.00. The van der Waals surface area contributed by atoms with Gasteiger partial charge in [-0.05, 0) is 18.2 Å². The summed E-state index contributed by atoms with van der Waals surface area (Å²) >= 11 is 1.12. The van der Waals surface area contributed by atoms with Crippen molar-refractivity contribution in [2.45, 2.75) is 5.51 Å². The fraction of sp³-hybridized carbons (Fsp3) is 0.0769. The molecule has 0 saturated heterocycles. The van der Waals surface area contributed by atoms with Gasteiger partial charge in [0, 0.05) is 21.2 Å². The smallest absolute Gasteiger partial charge is 0.398 e. The minimum absolute atomic E-state index is 0.258. The number of nitrogen functional groups attached to an aromatic ring is 1. The number of alkyl halides is 3. The van der Waals surface area contributed by atoms with Crippen LogP contribution in [-0.2, 0) is 10.1 Å². The van der Waals surface area contributed by atoms with Crippen LogP contribution in [0.3, 0.4) is 0 Å². The van der Waals surface area contributed by atoms with Gasteiger partial charge in [-0.1, -0.05) is 18.2 Å². The molecule has 0 aliphatic rings. The van der Waals surface area contributed by atoms with Crippen LogP contribution in [0.25, 0.3) is 20.2 Å². The number of fused-ring (bicyclic) bond motifs is 3. The largest absolute Gasteiger partial charge is 0.534 e. The molecule has 116 valence electrons. The lowest BCUT2D eigenvalue weighted by atomic mass is 10.1. The number of anilines is 1. The lowest BCUT2D eigenvalue weighted by molar-refractivity contribution is -0.0499. The lowest BCUT2D eigenvalue weighted by Gasteiger charge is -2.10. The molecule has 0 fully saturated rings. The van der Waals surface area contributed by atoms with Gasteiger partial charge in [0.05, 0.1) is 4.70 Å². The summed E-state index contributed by atoms with van der Waals surface area (Å²) in [6.45, 7) is 0. The zero-order valence-corrected chi connectivity index (χ0v) is 12.3. The Balaban J connectivity index is 2.26. The SMILES string of the molecule is Nc1ccc(OS(=O)(=O)C(F)(F)F)c2sc3ccccc3c12. The fourth-order valence-corrected chi connectivity index (χ4v) is 3.77. The predicted molar refractivity (Wildman–Crippen MR) is 79.3 cm³/mol. The number of nitrogens with two attached hydrogens (primary N) is 1. The average molecular weight is 347 g/mol. The van der Waals surface area contributed by atoms with E-state index < -0.39 is 15.6 Å². The maximum atomic E-state index is 12.5. The van der Waals surface area contributed by atoms with E-state index in [-0.39, 0.29) is 10.4 Å². The fourth-order valence-electron chi connectivity index (χ4n) is 2.06. The van der Waals surface area contributed by atoms with Crippen LogP contribution in [0.15, 0.2) is 36.4 Å². The van der Waals surface area contributed by atoms with E-state index in [9.17, 15) is 21.6 Å². The van der Waals surface area contributed by atoms with Crippen molar-refractivity contribution in [2.75, 3.05) is 5.73 Å². The molecule has 0 aliphatic carbocycles. The highest BCUT2D eigenvalue weighted by molar-refractivity contribution is 7.88. The highest BCUT2D eigenvalue weighted by Gasteiger charge is 2.48. The van der Waals surface area contributed by atoms with Crippen LogP contribution in [0.2, 0.25) is 0 Å². The molecule has 0 bridgehead atoms. The van der Waals surface area contributed by atoms with Crippen LogP contribution < -0.4 is 9.92 Å². The Kier molecular flexibility index (Phi) is 3.22. The van der Waals surface area contributed by atoms with Crippen LogP contribution in [0, 0.1) is 0 Å². The molecule has 0 saturated carbocycles. The molecular formula is C13H8F3NO3S2. The number of hydrogen-bond acceptors (Lipinski definition) is 5. The molecule has 2 aromatic carbocycles. The van der Waals surface area contributed by atoms with E-state index in [0.29, 0.717) is 11.1 Å². The second-order valence-electron chi connectivity index (χ2n) is 4.44. The summed E-state index contributed by atoms with van der Waals surface area (Å²) in [7, 11) is -5.73. The first-order valence-corrected chi connectivity index (χ1v) is 8.13. The normalized spacial score (nSPS) is 12.9. The summed E-state index contributed by atoms with van der Waals surface area (Å²) < 4.78 is 65.1. The molecule has 2 N–H and O–H groups in total. The maximum absolute atomic E-state index is 12.5. The highest BCUT2D eigenvalue weighted by Crippen LogP contribution is 2.43. The average Bonchev–Trinajstić information content (AvgIpc) is 2.81. The van der Waals surface area contributed by atoms with Crippen molar-refractivity contribution in [2.24, 2.45) is 0 Å². The molecule has 4 nitrogen and oxygen atoms in total. The molecule has 1 heterocycles. The molecule has 9 heteroatoms. The molecule has 0 atom stereocenters. The van der Waals surface area contributed by atoms with E-state index in [1.807, 2.05) is 0 Å². The van der Waals surface area contributed by atoms with Gasteiger partial charge in [0.15, 0.2) is 5.75 Å². The summed E-state index contributed by atoms with van der Waals surface area (Å²) in [5, 5.41) is 1.21. The van der Waals surface area contributed by atoms with E-state index in [0.717, 1.165) is 27.5 Å². The Morgan fingerprint density at radius 2 is 1.77 bits per heavy atom. The lowest BCUT2D eigenvalue weighted by Crippen LogP contribution is -2.28. The molecule has 0 aliphatic heterocycles. The van der Waals surface area contributed by atoms with Crippen molar-refractivity contribution in [3.05, 3.63) is 36.4 Å². The van der Waals surface area contributed by atoms with Crippen molar-refractivity contribution >= 4 is 47.3 Å². The summed E-state index contributed by atoms with van der Waals surface area (Å²) in [5.41, 5.74) is 0.713. The highest BCUT2D eigenvalue weighted by atomic mass is 32.2. The van der Waals surface area contributed by atoms with Gasteiger partial charge in [-0.15, -0.1) is 11.3 Å². The van der Waals surface area contributed by atoms with Crippen LogP contribution >= 0.6 is 11.3 Å². The van der Waals surface area contributed by atoms with Crippen molar-refractivity contribution in [1.82, 2.24) is 0 Å². The number of rotatable bonds is 2. The third kappa shape index (κ3) is 2.26. The zero-order chi connectivity index (χ0) is 16.1. The predicted octanol–water partition coefficient (Wildman–Crippen LogP) is 3.87. The molecule has 0 spiro atoms. The third-order valence-corrected chi connectivity index (χ3v) is 5.16. The standard InChI is InChI=1S/C13H8F3NO3S2/c14-13(15,16)22(18,19)20-9-6-5-8(17)11-7-3-1-2-4-10(7)21-12(9)11/h1-6H,17H2. The van der Waals surface area contributed by atoms with Crippen LogP contribution in [0.5, 0.6) is 5.75 Å². The third-order valence-electron chi connectivity index (χ3n) is 3.01. The summed E-state index contributed by atoms with van der Waals surface area (Å²) in [4.78, 5) is 0. The molecule has 0 unspecified atom stereocenters. The topological polar surface area (TPSA) is 69.4 Å². The van der Waals surface area contributed by atoms with Crippen molar-refractivity contribution in [3.8, 4) is 5.75 Å². The van der Waals surface area contributed by atoms with Gasteiger partial charge >= 0.3 is 15.6 Å². The minimum Gasteiger partial charge on any atom is -0.398 e. The van der Waals surface area contributed by atoms with Gasteiger partial charge in [0.25, 0.3) is 0 Å². The maximum Gasteiger partial charge on any atom is 0.534 e. The van der Waals surface area contributed by atoms with Gasteiger partial charge in [-0.2, -0.15) is 21.6 Å². The molecular weight excluding hydrogens is 339 g/mol. The summed E-state index contributed by atoms with van der Waals surface area (Å²) in [5.74, 6) is -0.386. The molecule has 3 aromatic rings. The minimum atomic E-state index is -5.73. The van der Waals surface area contributed by atoms with Gasteiger partial charge < -0.3 is 9.92 Å². The Labute approximate surface area is 127 Å². The first-order valence-electron chi connectivity index (χ1n) is 5.91. The van der Waals surface area contributed by atoms with Crippen molar-refractivity contribution in [1.29, 1.82) is 0 Å². The van der Waals surface area contributed by atoms with E-state index >= 15 is 0 Å². The number of hydrogen-bond donors (Lipinski definition) is 1. The van der Waals surface area contributed by atoms with E-state index in [1.54, 1.807) is 24.3 Å². The van der Waals surface area contributed by atoms with Gasteiger partial charge in [-0.3, -0.25) is 0 Å². The summed E-state index contributed by atoms with van der Waals surface area (Å²) in [6.07, 6.45) is 0. The Morgan fingerprint density at radius 3 is 2.45 bits per heavy atom. The first-order chi connectivity index (χ1) is 10.2. The number of thiophene rings is 1. The molecule has 1 aromatic heterocycles. The molecule has 0 amide bonds. The van der Waals surface area contributed by atoms with Crippen molar-refractivity contribution < 1.29 is 25.8 Å². The Bertz CT molecular complexity index is 977. The Morgan fingerprint density at radius 1 is 1.09 bits per heavy atom. The second-order valence-corrected chi connectivity index (χ2v) is 7.03. The van der Waals surface area contributed by atoms with Gasteiger partial charge in [-0.25, -0.2) is 0 Å². The quantitative estimate of drug-likeness (QED) is 0.434. The van der Waals surface area contributed by atoms with Crippen LogP contribution in [0.1, 0.15) is 0 Å². The monoisotopic (exact) mass is 347 g/mol.